The lowest BCUT2D eigenvalue weighted by atomic mass is 10.0. The van der Waals surface area contributed by atoms with Crippen LogP contribution in [0.4, 0.5) is 9.59 Å². The average Bonchev–Trinajstić information content (AvgIpc) is 3.65. The van der Waals surface area contributed by atoms with Crippen LogP contribution in [-0.4, -0.2) is 92.2 Å². The Balaban J connectivity index is 1.10. The molecule has 1 atom stereocenters. The third-order valence-corrected chi connectivity index (χ3v) is 12.2. The van der Waals surface area contributed by atoms with Gasteiger partial charge in [0.1, 0.15) is 0 Å². The van der Waals surface area contributed by atoms with Crippen molar-refractivity contribution in [1.29, 1.82) is 0 Å². The summed E-state index contributed by atoms with van der Waals surface area (Å²) in [5.41, 5.74) is 2.22. The first-order chi connectivity index (χ1) is 27.6. The zero-order valence-electron chi connectivity index (χ0n) is 31.8. The van der Waals surface area contributed by atoms with Crippen LogP contribution in [0.3, 0.4) is 0 Å². The summed E-state index contributed by atoms with van der Waals surface area (Å²) in [5.74, 6) is -0.356. The SMILES string of the molecule is COC(=O)C(NC(=O)N1CCN(C2CCN(C(=O)c3ccc(OC)c(OC)c3Cl)CC2)C1=O)c1ccc(P(=O)(OCc2ccccc2)OCc2ccccc2)cc1. The number of halogens is 1. The maximum atomic E-state index is 14.3. The van der Waals surface area contributed by atoms with E-state index in [9.17, 15) is 23.7 Å². The summed E-state index contributed by atoms with van der Waals surface area (Å²) in [7, 11) is 0.230. The summed E-state index contributed by atoms with van der Waals surface area (Å²) >= 11 is 6.50. The third kappa shape index (κ3) is 9.43. The van der Waals surface area contributed by atoms with Crippen molar-refractivity contribution in [1.82, 2.24) is 20.0 Å². The minimum atomic E-state index is -3.89. The summed E-state index contributed by atoms with van der Waals surface area (Å²) < 4.78 is 41.8. The zero-order chi connectivity index (χ0) is 40.5. The molecule has 16 heteroatoms. The first-order valence-electron chi connectivity index (χ1n) is 18.3. The summed E-state index contributed by atoms with van der Waals surface area (Å²) in [6, 6.07) is 25.1. The Hall–Kier alpha value is -5.40. The number of nitrogens with one attached hydrogen (secondary N) is 1. The van der Waals surface area contributed by atoms with Gasteiger partial charge < -0.3 is 38.4 Å². The second-order valence-corrected chi connectivity index (χ2v) is 15.7. The Bertz CT molecular complexity index is 2050. The lowest BCUT2D eigenvalue weighted by Gasteiger charge is -2.36. The fourth-order valence-corrected chi connectivity index (χ4v) is 8.63. The lowest BCUT2D eigenvalue weighted by Crippen LogP contribution is -2.50. The molecule has 0 saturated carbocycles. The van der Waals surface area contributed by atoms with Crippen molar-refractivity contribution >= 4 is 48.4 Å². The van der Waals surface area contributed by atoms with E-state index in [0.29, 0.717) is 37.2 Å². The number of methoxy groups -OCH3 is 3. The van der Waals surface area contributed by atoms with Gasteiger partial charge in [-0.1, -0.05) is 84.4 Å². The molecule has 300 valence electrons. The average molecular weight is 819 g/mol. The first-order valence-corrected chi connectivity index (χ1v) is 20.2. The predicted octanol–water partition coefficient (Wildman–Crippen LogP) is 6.58. The number of ether oxygens (including phenoxy) is 3. The molecule has 2 heterocycles. The van der Waals surface area contributed by atoms with Crippen LogP contribution >= 0.6 is 19.2 Å². The second-order valence-electron chi connectivity index (χ2n) is 13.3. The predicted molar refractivity (Wildman–Crippen MR) is 212 cm³/mol. The number of carbonyl (C=O) groups is 4. The van der Waals surface area contributed by atoms with Gasteiger partial charge in [-0.05, 0) is 53.8 Å². The second kappa shape index (κ2) is 18.7. The molecule has 0 spiro atoms. The van der Waals surface area contributed by atoms with E-state index in [4.69, 9.17) is 34.9 Å². The lowest BCUT2D eigenvalue weighted by molar-refractivity contribution is -0.143. The van der Waals surface area contributed by atoms with Crippen molar-refractivity contribution in [3.8, 4) is 11.5 Å². The highest BCUT2D eigenvalue weighted by Gasteiger charge is 2.40. The molecule has 4 aromatic rings. The molecular weight excluding hydrogens is 775 g/mol. The molecule has 0 aliphatic carbocycles. The van der Waals surface area contributed by atoms with E-state index in [1.54, 1.807) is 21.9 Å². The Morgan fingerprint density at radius 3 is 1.93 bits per heavy atom. The number of hydrogen-bond acceptors (Lipinski definition) is 10. The van der Waals surface area contributed by atoms with Gasteiger partial charge in [-0.2, -0.15) is 0 Å². The Morgan fingerprint density at radius 1 is 0.789 bits per heavy atom. The smallest absolute Gasteiger partial charge is 0.361 e. The number of carbonyl (C=O) groups excluding carboxylic acids is 4. The minimum absolute atomic E-state index is 0.0296. The molecule has 0 aromatic heterocycles. The van der Waals surface area contributed by atoms with Gasteiger partial charge in [-0.3, -0.25) is 9.36 Å². The van der Waals surface area contributed by atoms with Crippen LogP contribution in [0.25, 0.3) is 0 Å². The van der Waals surface area contributed by atoms with E-state index < -0.39 is 31.7 Å². The molecule has 5 amide bonds. The maximum Gasteiger partial charge on any atom is 0.361 e. The molecule has 1 unspecified atom stereocenters. The number of hydrogen-bond donors (Lipinski definition) is 1. The van der Waals surface area contributed by atoms with Gasteiger partial charge in [0.25, 0.3) is 5.91 Å². The number of rotatable bonds is 14. The van der Waals surface area contributed by atoms with E-state index in [1.165, 1.54) is 45.6 Å². The molecule has 2 aliphatic rings. The van der Waals surface area contributed by atoms with E-state index in [2.05, 4.69) is 5.32 Å². The Kier molecular flexibility index (Phi) is 13.5. The molecule has 0 radical (unpaired) electrons. The van der Waals surface area contributed by atoms with Gasteiger partial charge in [-0.15, -0.1) is 0 Å². The van der Waals surface area contributed by atoms with Crippen LogP contribution in [0.15, 0.2) is 97.1 Å². The monoisotopic (exact) mass is 818 g/mol. The van der Waals surface area contributed by atoms with Crippen molar-refractivity contribution < 1.29 is 47.0 Å². The van der Waals surface area contributed by atoms with Gasteiger partial charge in [0.05, 0.1) is 50.4 Å². The number of esters is 1. The normalized spacial score (nSPS) is 15.3. The number of piperidine rings is 1. The number of imide groups is 1. The highest BCUT2D eigenvalue weighted by atomic mass is 35.5. The fraction of sp³-hybridized carbons (Fsp3) is 0.317. The minimum Gasteiger partial charge on any atom is -0.493 e. The van der Waals surface area contributed by atoms with Crippen LogP contribution in [0, 0.1) is 0 Å². The summed E-state index contributed by atoms with van der Waals surface area (Å²) in [5, 5.41) is 3.05. The quantitative estimate of drug-likeness (QED) is 0.109. The number of amides is 5. The van der Waals surface area contributed by atoms with Crippen LogP contribution in [-0.2, 0) is 36.4 Å². The first kappa shape index (κ1) is 41.2. The molecule has 4 aromatic carbocycles. The van der Waals surface area contributed by atoms with Crippen molar-refractivity contribution in [2.24, 2.45) is 0 Å². The number of urea groups is 2. The standard InChI is InChI=1S/C41H44ClN4O10P/c1-52-34-19-18-33(35(42)37(34)53-2)38(47)44-22-20-31(21-23-44)45-24-25-46(41(45)50)40(49)43-36(39(48)54-3)30-14-16-32(17-15-30)57(51,55-26-28-10-6-4-7-11-28)56-27-29-12-8-5-9-13-29/h4-19,31,36H,20-27H2,1-3H3,(H,43,49). The summed E-state index contributed by atoms with van der Waals surface area (Å²) in [6.45, 7) is 1.17. The van der Waals surface area contributed by atoms with E-state index >= 15 is 0 Å². The van der Waals surface area contributed by atoms with Crippen molar-refractivity contribution in [2.75, 3.05) is 47.5 Å². The van der Waals surface area contributed by atoms with Crippen LogP contribution in [0.2, 0.25) is 5.02 Å². The van der Waals surface area contributed by atoms with Gasteiger partial charge in [0, 0.05) is 32.2 Å². The number of likely N-dealkylation sites (tertiary alicyclic amines) is 1. The van der Waals surface area contributed by atoms with Gasteiger partial charge >= 0.3 is 25.6 Å². The largest absolute Gasteiger partial charge is 0.493 e. The summed E-state index contributed by atoms with van der Waals surface area (Å²) in [6.07, 6.45) is 0.978. The molecular formula is C41H44ClN4O10P. The molecule has 2 aliphatic heterocycles. The van der Waals surface area contributed by atoms with Gasteiger partial charge in [0.15, 0.2) is 17.5 Å². The van der Waals surface area contributed by atoms with Crippen molar-refractivity contribution in [2.45, 2.75) is 38.1 Å². The molecule has 0 bridgehead atoms. The van der Waals surface area contributed by atoms with Crippen molar-refractivity contribution in [3.05, 3.63) is 124 Å². The molecule has 2 saturated heterocycles. The topological polar surface area (TPSA) is 153 Å². The third-order valence-electron chi connectivity index (χ3n) is 9.93. The highest BCUT2D eigenvalue weighted by Crippen LogP contribution is 2.49. The molecule has 14 nitrogen and oxygen atoms in total. The number of benzene rings is 4. The molecule has 6 rings (SSSR count). The van der Waals surface area contributed by atoms with Gasteiger partial charge in [-0.25, -0.2) is 19.3 Å². The molecule has 2 fully saturated rings. The van der Waals surface area contributed by atoms with E-state index in [-0.39, 0.29) is 59.9 Å². The zero-order valence-corrected chi connectivity index (χ0v) is 33.4. The van der Waals surface area contributed by atoms with Crippen LogP contribution in [0.5, 0.6) is 11.5 Å². The number of nitrogens with zero attached hydrogens (tertiary/aromatic N) is 3. The van der Waals surface area contributed by atoms with E-state index in [0.717, 1.165) is 16.0 Å². The molecule has 1 N–H and O–H groups in total. The maximum absolute atomic E-state index is 14.3. The highest BCUT2D eigenvalue weighted by molar-refractivity contribution is 7.62. The fourth-order valence-electron chi connectivity index (χ4n) is 6.79. The van der Waals surface area contributed by atoms with Crippen LogP contribution < -0.4 is 20.1 Å². The molecule has 57 heavy (non-hydrogen) atoms. The van der Waals surface area contributed by atoms with Crippen molar-refractivity contribution in [3.63, 3.8) is 0 Å². The van der Waals surface area contributed by atoms with Crippen LogP contribution in [0.1, 0.15) is 45.9 Å². The Labute approximate surface area is 336 Å². The Morgan fingerprint density at radius 2 is 1.39 bits per heavy atom. The summed E-state index contributed by atoms with van der Waals surface area (Å²) in [4.78, 5) is 57.9. The van der Waals surface area contributed by atoms with Gasteiger partial charge in [0.2, 0.25) is 0 Å². The van der Waals surface area contributed by atoms with E-state index in [1.807, 2.05) is 60.7 Å².